The van der Waals surface area contributed by atoms with E-state index in [1.807, 2.05) is 42.5 Å². The molecule has 272 valence electrons. The molecular weight excluding hydrogens is 733 g/mol. The predicted molar refractivity (Wildman–Crippen MR) is 203 cm³/mol. The first-order valence-corrected chi connectivity index (χ1v) is 17.1. The average molecular weight is 765 g/mol. The molecule has 2 heterocycles. The fraction of sp³-hybridized carbons (Fsp3) is 0.105. The molecule has 16 heteroatoms. The van der Waals surface area contributed by atoms with Gasteiger partial charge in [0.05, 0.1) is 24.5 Å². The van der Waals surface area contributed by atoms with Gasteiger partial charge in [0.15, 0.2) is 5.15 Å². The Labute approximate surface area is 319 Å². The van der Waals surface area contributed by atoms with Crippen LogP contribution in [-0.4, -0.2) is 55.6 Å². The normalized spacial score (nSPS) is 11.5. The number of benzene rings is 4. The molecule has 0 bridgehead atoms. The van der Waals surface area contributed by atoms with E-state index in [-0.39, 0.29) is 11.8 Å². The summed E-state index contributed by atoms with van der Waals surface area (Å²) < 4.78 is 11.5. The summed E-state index contributed by atoms with van der Waals surface area (Å²) in [6.45, 7) is 0.134. The van der Waals surface area contributed by atoms with Gasteiger partial charge in [-0.1, -0.05) is 77.8 Å². The number of hydrogen-bond acceptors (Lipinski definition) is 10. The maximum absolute atomic E-state index is 13.5. The largest absolute Gasteiger partial charge is 0.453 e. The molecule has 0 spiro atoms. The highest BCUT2D eigenvalue weighted by molar-refractivity contribution is 6.32. The lowest BCUT2D eigenvalue weighted by Crippen LogP contribution is -2.29. The van der Waals surface area contributed by atoms with E-state index in [9.17, 15) is 14.4 Å². The predicted octanol–water partition coefficient (Wildman–Crippen LogP) is 7.47. The van der Waals surface area contributed by atoms with Crippen LogP contribution in [-0.2, 0) is 27.3 Å². The molecule has 2 aromatic heterocycles. The molecule has 0 aliphatic carbocycles. The van der Waals surface area contributed by atoms with E-state index < -0.39 is 24.1 Å². The van der Waals surface area contributed by atoms with Gasteiger partial charge < -0.3 is 14.8 Å². The molecule has 0 aliphatic heterocycles. The number of methoxy groups -OCH3 is 1. The topological polar surface area (TPSA) is 175 Å². The van der Waals surface area contributed by atoms with Gasteiger partial charge in [-0.2, -0.15) is 9.78 Å². The van der Waals surface area contributed by atoms with Gasteiger partial charge in [0, 0.05) is 33.6 Å². The molecule has 0 radical (unpaired) electrons. The number of tetrazole rings is 1. The summed E-state index contributed by atoms with van der Waals surface area (Å²) in [5.74, 6) is -0.432. The Bertz CT molecular complexity index is 2250. The second-order valence-corrected chi connectivity index (χ2v) is 12.4. The third kappa shape index (κ3) is 10.0. The minimum Gasteiger partial charge on any atom is -0.453 e. The van der Waals surface area contributed by atoms with Crippen molar-refractivity contribution in [2.45, 2.75) is 19.1 Å². The first-order chi connectivity index (χ1) is 26.2. The van der Waals surface area contributed by atoms with E-state index in [4.69, 9.17) is 27.9 Å². The number of aromatic nitrogens is 6. The summed E-state index contributed by atoms with van der Waals surface area (Å²) in [4.78, 5) is 37.6. The van der Waals surface area contributed by atoms with Crippen LogP contribution < -0.4 is 16.0 Å². The molecule has 6 aromatic rings. The lowest BCUT2D eigenvalue weighted by atomic mass is 10.00. The van der Waals surface area contributed by atoms with Crippen molar-refractivity contribution < 1.29 is 23.9 Å². The van der Waals surface area contributed by atoms with Gasteiger partial charge in [-0.05, 0) is 88.1 Å². The van der Waals surface area contributed by atoms with Crippen molar-refractivity contribution in [2.75, 3.05) is 17.7 Å². The number of amides is 3. The number of halogens is 2. The molecule has 6 rings (SSSR count). The number of rotatable bonds is 12. The third-order valence-electron chi connectivity index (χ3n) is 7.92. The second kappa shape index (κ2) is 17.7. The zero-order chi connectivity index (χ0) is 37.9. The minimum absolute atomic E-state index is 0.134. The summed E-state index contributed by atoms with van der Waals surface area (Å²) in [7, 11) is 1.28. The molecule has 0 saturated carbocycles. The lowest BCUT2D eigenvalue weighted by Gasteiger charge is -2.19. The van der Waals surface area contributed by atoms with Crippen molar-refractivity contribution in [3.05, 3.63) is 148 Å². The molecule has 14 nitrogen and oxygen atoms in total. The molecule has 1 atom stereocenters. The van der Waals surface area contributed by atoms with Crippen LogP contribution in [0.5, 0.6) is 0 Å². The Morgan fingerprint density at radius 3 is 2.26 bits per heavy atom. The Hall–Kier alpha value is -6.64. The zero-order valence-electron chi connectivity index (χ0n) is 28.5. The molecule has 54 heavy (non-hydrogen) atoms. The van der Waals surface area contributed by atoms with E-state index in [1.165, 1.54) is 24.2 Å². The first kappa shape index (κ1) is 37.1. The van der Waals surface area contributed by atoms with E-state index in [0.29, 0.717) is 50.9 Å². The van der Waals surface area contributed by atoms with Gasteiger partial charge in [0.2, 0.25) is 5.91 Å². The van der Waals surface area contributed by atoms with Gasteiger partial charge in [0.1, 0.15) is 12.9 Å². The Morgan fingerprint density at radius 1 is 0.833 bits per heavy atom. The number of hydrogen-bond donors (Lipinski definition) is 3. The van der Waals surface area contributed by atoms with Gasteiger partial charge in [-0.3, -0.25) is 15.4 Å². The molecular formula is C38H31Cl2N9O5. The van der Waals surface area contributed by atoms with Gasteiger partial charge in [0.25, 0.3) is 0 Å². The van der Waals surface area contributed by atoms with Crippen LogP contribution in [0.3, 0.4) is 0 Å². The van der Waals surface area contributed by atoms with E-state index in [2.05, 4.69) is 46.4 Å². The van der Waals surface area contributed by atoms with Crippen LogP contribution in [0.2, 0.25) is 10.2 Å². The summed E-state index contributed by atoms with van der Waals surface area (Å²) in [5.41, 5.74) is 5.63. The maximum Gasteiger partial charge on any atom is 0.411 e. The van der Waals surface area contributed by atoms with Crippen LogP contribution in [0.25, 0.3) is 22.9 Å². The highest BCUT2D eigenvalue weighted by atomic mass is 35.5. The van der Waals surface area contributed by atoms with Crippen molar-refractivity contribution in [1.29, 1.82) is 0 Å². The van der Waals surface area contributed by atoms with E-state index in [0.717, 1.165) is 11.1 Å². The quantitative estimate of drug-likeness (QED) is 0.106. The van der Waals surface area contributed by atoms with Gasteiger partial charge >= 0.3 is 12.2 Å². The van der Waals surface area contributed by atoms with Gasteiger partial charge in [-0.15, -0.1) is 10.2 Å². The maximum atomic E-state index is 13.5. The number of carbonyl (C=O) groups is 3. The Morgan fingerprint density at radius 2 is 1.56 bits per heavy atom. The number of nitrogens with zero attached hydrogens (tertiary/aromatic N) is 6. The van der Waals surface area contributed by atoms with Crippen LogP contribution >= 0.6 is 23.2 Å². The van der Waals surface area contributed by atoms with Crippen LogP contribution in [0, 0.1) is 0 Å². The fourth-order valence-electron chi connectivity index (χ4n) is 5.26. The van der Waals surface area contributed by atoms with Crippen LogP contribution in [0.15, 0.2) is 116 Å². The summed E-state index contributed by atoms with van der Waals surface area (Å²) >= 11 is 12.8. The van der Waals surface area contributed by atoms with Gasteiger partial charge in [-0.25, -0.2) is 9.59 Å². The van der Waals surface area contributed by atoms with Crippen molar-refractivity contribution in [1.82, 2.24) is 35.7 Å². The highest BCUT2D eigenvalue weighted by Gasteiger charge is 2.20. The molecule has 4 aromatic carbocycles. The molecule has 0 aliphatic rings. The smallest absolute Gasteiger partial charge is 0.411 e. The molecule has 0 saturated heterocycles. The molecule has 1 unspecified atom stereocenters. The standard InChI is InChI=1S/C38H31Cl2N9O5/c1-53-37(51)42-30-15-9-26(10-16-30)31-21-33(45-46-36(31)40)32(44-35(50)18-11-27-20-28(39)12-17-34(27)49-23-41-47-48-49)19-24-7-13-29(14-8-24)43-38(52)54-22-25-5-3-2-4-6-25/h2-18,20-21,23,32H,19,22H2,1H3,(H,42,51)(H,43,52)(H,44,50). The number of anilines is 2. The summed E-state index contributed by atoms with van der Waals surface area (Å²) in [5, 5.41) is 28.8. The SMILES string of the molecule is COC(=O)Nc1ccc(-c2cc(C(Cc3ccc(NC(=O)OCc4ccccc4)cc3)NC(=O)C=Cc3cc(Cl)ccc3-n3cnnn3)nnc2Cl)cc1. The van der Waals surface area contributed by atoms with E-state index in [1.54, 1.807) is 66.7 Å². The molecule has 3 N–H and O–H groups in total. The van der Waals surface area contributed by atoms with Crippen molar-refractivity contribution in [2.24, 2.45) is 0 Å². The average Bonchev–Trinajstić information content (AvgIpc) is 3.73. The summed E-state index contributed by atoms with van der Waals surface area (Å²) in [6.07, 6.45) is 3.52. The number of ether oxygens (including phenoxy) is 2. The van der Waals surface area contributed by atoms with Crippen molar-refractivity contribution in [3.63, 3.8) is 0 Å². The van der Waals surface area contributed by atoms with Crippen LogP contribution in [0.1, 0.15) is 28.4 Å². The number of nitrogens with one attached hydrogen (secondary N) is 3. The lowest BCUT2D eigenvalue weighted by molar-refractivity contribution is -0.117. The van der Waals surface area contributed by atoms with Crippen molar-refractivity contribution in [3.8, 4) is 16.8 Å². The molecule has 3 amide bonds. The van der Waals surface area contributed by atoms with Crippen molar-refractivity contribution >= 4 is 58.7 Å². The fourth-order valence-corrected chi connectivity index (χ4v) is 5.64. The Kier molecular flexibility index (Phi) is 12.2. The second-order valence-electron chi connectivity index (χ2n) is 11.6. The minimum atomic E-state index is -0.682. The Balaban J connectivity index is 1.23. The zero-order valence-corrected chi connectivity index (χ0v) is 30.0. The first-order valence-electron chi connectivity index (χ1n) is 16.3. The number of carbonyl (C=O) groups excluding carboxylic acids is 3. The summed E-state index contributed by atoms with van der Waals surface area (Å²) in [6, 6.07) is 29.6. The van der Waals surface area contributed by atoms with Crippen LogP contribution in [0.4, 0.5) is 21.0 Å². The molecule has 0 fully saturated rings. The monoisotopic (exact) mass is 763 g/mol. The third-order valence-corrected chi connectivity index (χ3v) is 8.44. The van der Waals surface area contributed by atoms with E-state index >= 15 is 0 Å². The highest BCUT2D eigenvalue weighted by Crippen LogP contribution is 2.30.